The third kappa shape index (κ3) is 6.92. The van der Waals surface area contributed by atoms with Crippen LogP contribution in [0.1, 0.15) is 126 Å². The van der Waals surface area contributed by atoms with E-state index in [1.165, 1.54) is 79.4 Å². The first kappa shape index (κ1) is 42.7. The molecule has 58 heavy (non-hydrogen) atoms. The van der Waals surface area contributed by atoms with E-state index in [1.54, 1.807) is 6.20 Å². The van der Waals surface area contributed by atoms with Crippen LogP contribution in [0.2, 0.25) is 0 Å². The fraction of sp³-hybridized carbons (Fsp3) is 0.792. The number of esters is 1. The standard InChI is InChI=1S/C48H73N3O5S2/c1-9-55-41(52)47(32-56-42-49-25-29-57-42)19-12-34(13-20-47)36-15-17-44(6)38(43(36,4)5)16-18-46(8)39(44)11-10-37-40-35(33(2)3)14-21-48(40,23-22-45(37,46)7)50-24-26-51-27-30-58(53,54)31-28-51/h12,15,25,29,35,37-40,50H,2,9-11,13-14,16-24,26-28,30-32H2,1,3-8H3/t35-,37+,38?,39?,40?,44-,45+,46+,47?,48-/m0/s1. The maximum absolute atomic E-state index is 13.5. The fourth-order valence-corrected chi connectivity index (χ4v) is 17.1. The van der Waals surface area contributed by atoms with E-state index in [-0.39, 0.29) is 33.2 Å². The molecular weight excluding hydrogens is 763 g/mol. The summed E-state index contributed by atoms with van der Waals surface area (Å²) in [6.07, 6.45) is 20.3. The monoisotopic (exact) mass is 835 g/mol. The Kier molecular flexibility index (Phi) is 11.3. The van der Waals surface area contributed by atoms with E-state index in [0.29, 0.717) is 79.0 Å². The van der Waals surface area contributed by atoms with Crippen molar-refractivity contribution in [3.8, 4) is 5.19 Å². The molecule has 0 amide bonds. The van der Waals surface area contributed by atoms with Crippen LogP contribution in [0.15, 0.2) is 47.0 Å². The molecule has 1 aromatic rings. The molecule has 1 N–H and O–H groups in total. The van der Waals surface area contributed by atoms with Crippen LogP contribution in [0.3, 0.4) is 0 Å². The van der Waals surface area contributed by atoms with Crippen molar-refractivity contribution in [3.05, 3.63) is 47.0 Å². The summed E-state index contributed by atoms with van der Waals surface area (Å²) in [5.74, 6) is 3.57. The summed E-state index contributed by atoms with van der Waals surface area (Å²) in [7, 11) is -2.87. The number of rotatable bonds is 11. The van der Waals surface area contributed by atoms with Gasteiger partial charge in [-0.1, -0.05) is 70.3 Å². The Hall–Kier alpha value is -2.01. The lowest BCUT2D eigenvalue weighted by Crippen LogP contribution is -2.68. The predicted octanol–water partition coefficient (Wildman–Crippen LogP) is 9.45. The topological polar surface area (TPSA) is 97.8 Å². The van der Waals surface area contributed by atoms with Crippen LogP contribution in [0.5, 0.6) is 5.19 Å². The minimum Gasteiger partial charge on any atom is -0.469 e. The highest BCUT2D eigenvalue weighted by Gasteiger charge is 2.70. The number of fused-ring (bicyclic) bond motifs is 7. The molecule has 8 nitrogen and oxygen atoms in total. The molecule has 5 fully saturated rings. The molecule has 0 bridgehead atoms. The van der Waals surface area contributed by atoms with Crippen molar-refractivity contribution < 1.29 is 22.7 Å². The molecule has 4 saturated carbocycles. The maximum Gasteiger partial charge on any atom is 0.315 e. The van der Waals surface area contributed by atoms with Crippen molar-refractivity contribution in [2.45, 2.75) is 131 Å². The number of nitrogens with zero attached hydrogens (tertiary/aromatic N) is 2. The number of hydrogen-bond donors (Lipinski definition) is 1. The van der Waals surface area contributed by atoms with Crippen molar-refractivity contribution in [2.24, 2.45) is 56.7 Å². The van der Waals surface area contributed by atoms with Gasteiger partial charge in [-0.25, -0.2) is 13.4 Å². The van der Waals surface area contributed by atoms with Gasteiger partial charge in [0.25, 0.3) is 5.19 Å². The number of allylic oxidation sites excluding steroid dienone is 5. The average Bonchev–Trinajstić information content (AvgIpc) is 3.84. The van der Waals surface area contributed by atoms with E-state index >= 15 is 0 Å². The zero-order chi connectivity index (χ0) is 41.4. The van der Waals surface area contributed by atoms with Gasteiger partial charge >= 0.3 is 5.97 Å². The number of nitrogens with one attached hydrogen (secondary N) is 1. The van der Waals surface area contributed by atoms with Crippen LogP contribution in [0.4, 0.5) is 0 Å². The SMILES string of the molecule is C=C(C)[C@@H]1CC[C@]2(NCCN3CCS(=O)(=O)CC3)CC[C@]3(C)[C@H](CCC4[C@@]5(C)CC=C(C6=CCC(COc7nccs7)(C(=O)OCC)CC6)C(C)(C)C5CC[C@]43C)C12. The molecule has 0 radical (unpaired) electrons. The summed E-state index contributed by atoms with van der Waals surface area (Å²) in [6, 6.07) is 0. The van der Waals surface area contributed by atoms with Crippen molar-refractivity contribution >= 4 is 27.1 Å². The first-order chi connectivity index (χ1) is 27.4. The molecule has 7 aliphatic rings. The number of carbonyl (C=O) groups is 1. The van der Waals surface area contributed by atoms with E-state index in [2.05, 4.69) is 75.5 Å². The van der Waals surface area contributed by atoms with Gasteiger partial charge in [0.1, 0.15) is 12.0 Å². The second-order valence-corrected chi connectivity index (χ2v) is 24.5. The Morgan fingerprint density at radius 1 is 0.966 bits per heavy atom. The highest BCUT2D eigenvalue weighted by Crippen LogP contribution is 2.76. The normalized spacial score (nSPS) is 41.8. The Balaban J connectivity index is 1.02. The Morgan fingerprint density at radius 3 is 2.41 bits per heavy atom. The van der Waals surface area contributed by atoms with Crippen molar-refractivity contribution in [2.75, 3.05) is 50.9 Å². The number of aromatic nitrogens is 1. The van der Waals surface area contributed by atoms with E-state index in [9.17, 15) is 13.2 Å². The van der Waals surface area contributed by atoms with Gasteiger partial charge in [0.15, 0.2) is 9.84 Å². The second kappa shape index (κ2) is 15.4. The Bertz CT molecular complexity index is 1890. The van der Waals surface area contributed by atoms with Gasteiger partial charge in [0.05, 0.1) is 18.1 Å². The smallest absolute Gasteiger partial charge is 0.315 e. The van der Waals surface area contributed by atoms with Gasteiger partial charge in [-0.2, -0.15) is 0 Å². The quantitative estimate of drug-likeness (QED) is 0.174. The molecule has 1 aliphatic heterocycles. The van der Waals surface area contributed by atoms with Crippen LogP contribution in [-0.2, 0) is 19.4 Å². The van der Waals surface area contributed by atoms with Crippen molar-refractivity contribution in [3.63, 3.8) is 0 Å². The summed E-state index contributed by atoms with van der Waals surface area (Å²) in [6.45, 7) is 25.9. The lowest BCUT2D eigenvalue weighted by molar-refractivity contribution is -0.221. The number of sulfone groups is 1. The Labute approximate surface area is 354 Å². The summed E-state index contributed by atoms with van der Waals surface area (Å²) >= 11 is 1.46. The second-order valence-electron chi connectivity index (χ2n) is 21.3. The zero-order valence-corrected chi connectivity index (χ0v) is 38.4. The average molecular weight is 836 g/mol. The van der Waals surface area contributed by atoms with E-state index in [0.717, 1.165) is 32.4 Å². The summed E-state index contributed by atoms with van der Waals surface area (Å²) in [4.78, 5) is 20.1. The van der Waals surface area contributed by atoms with E-state index in [4.69, 9.17) is 9.47 Å². The maximum atomic E-state index is 13.5. The number of hydrogen-bond acceptors (Lipinski definition) is 9. The molecular formula is C48H73N3O5S2. The predicted molar refractivity (Wildman–Crippen MR) is 234 cm³/mol. The summed E-state index contributed by atoms with van der Waals surface area (Å²) in [5.41, 5.74) is 4.61. The number of ether oxygens (including phenoxy) is 2. The van der Waals surface area contributed by atoms with Crippen LogP contribution >= 0.6 is 11.3 Å². The molecule has 0 aromatic carbocycles. The summed E-state index contributed by atoms with van der Waals surface area (Å²) in [5, 5.41) is 6.75. The highest BCUT2D eigenvalue weighted by molar-refractivity contribution is 7.91. The lowest BCUT2D eigenvalue weighted by atomic mass is 9.33. The van der Waals surface area contributed by atoms with Gasteiger partial charge in [-0.3, -0.25) is 4.79 Å². The van der Waals surface area contributed by atoms with Gasteiger partial charge < -0.3 is 19.7 Å². The van der Waals surface area contributed by atoms with Gasteiger partial charge in [-0.05, 0) is 153 Å². The van der Waals surface area contributed by atoms with Crippen LogP contribution in [0, 0.1) is 56.7 Å². The van der Waals surface area contributed by atoms with Gasteiger partial charge in [0, 0.05) is 43.3 Å². The first-order valence-electron chi connectivity index (χ1n) is 22.9. The van der Waals surface area contributed by atoms with Crippen molar-refractivity contribution in [1.29, 1.82) is 0 Å². The van der Waals surface area contributed by atoms with Gasteiger partial charge in [0.2, 0.25) is 0 Å². The molecule has 8 rings (SSSR count). The molecule has 322 valence electrons. The fourth-order valence-electron chi connectivity index (χ4n) is 15.3. The van der Waals surface area contributed by atoms with Crippen LogP contribution in [0.25, 0.3) is 0 Å². The van der Waals surface area contributed by atoms with E-state index in [1.807, 2.05) is 12.3 Å². The lowest BCUT2D eigenvalue weighted by Gasteiger charge is -2.72. The number of carbonyl (C=O) groups excluding carboxylic acids is 1. The van der Waals surface area contributed by atoms with E-state index < -0.39 is 15.3 Å². The minimum absolute atomic E-state index is 0.0416. The molecule has 4 unspecified atom stereocenters. The summed E-state index contributed by atoms with van der Waals surface area (Å²) < 4.78 is 35.9. The van der Waals surface area contributed by atoms with Gasteiger partial charge in [-0.15, -0.1) is 0 Å². The largest absolute Gasteiger partial charge is 0.469 e. The zero-order valence-electron chi connectivity index (χ0n) is 36.8. The first-order valence-corrected chi connectivity index (χ1v) is 25.6. The molecule has 10 atom stereocenters. The highest BCUT2D eigenvalue weighted by atomic mass is 32.2. The molecule has 2 heterocycles. The third-order valence-electron chi connectivity index (χ3n) is 18.5. The van der Waals surface area contributed by atoms with Crippen LogP contribution < -0.4 is 10.1 Å². The third-order valence-corrected chi connectivity index (χ3v) is 20.8. The molecule has 10 heteroatoms. The molecule has 0 spiro atoms. The van der Waals surface area contributed by atoms with Crippen LogP contribution in [-0.4, -0.2) is 80.7 Å². The molecule has 1 saturated heterocycles. The number of thiazole rings is 1. The minimum atomic E-state index is -2.87. The molecule has 1 aromatic heterocycles. The Morgan fingerprint density at radius 2 is 1.74 bits per heavy atom. The van der Waals surface area contributed by atoms with Crippen molar-refractivity contribution in [1.82, 2.24) is 15.2 Å². The molecule has 6 aliphatic carbocycles.